The zero-order valence-electron chi connectivity index (χ0n) is 12.2. The highest BCUT2D eigenvalue weighted by atomic mass is 16.3. The highest BCUT2D eigenvalue weighted by Gasteiger charge is 2.31. The molecular weight excluding hydrogens is 210 g/mol. The Morgan fingerprint density at radius 3 is 2.47 bits per heavy atom. The molecule has 2 unspecified atom stereocenters. The number of aliphatic hydroxyl groups is 1. The minimum absolute atomic E-state index is 0.391. The average Bonchev–Trinajstić information content (AvgIpc) is 2.40. The Hall–Kier alpha value is -0.0800. The maximum absolute atomic E-state index is 10.7. The normalized spacial score (nSPS) is 29.3. The SMILES string of the molecule is CCCC(C)CC1(O)CCCN(C(C)C)CC1. The molecule has 102 valence electrons. The van der Waals surface area contributed by atoms with Gasteiger partial charge in [0, 0.05) is 12.6 Å². The Balaban J connectivity index is 2.47. The van der Waals surface area contributed by atoms with E-state index in [4.69, 9.17) is 0 Å². The van der Waals surface area contributed by atoms with Gasteiger partial charge >= 0.3 is 0 Å². The van der Waals surface area contributed by atoms with Crippen LogP contribution in [0.15, 0.2) is 0 Å². The molecule has 2 nitrogen and oxygen atoms in total. The van der Waals surface area contributed by atoms with Crippen molar-refractivity contribution < 1.29 is 5.11 Å². The molecular formula is C15H31NO. The van der Waals surface area contributed by atoms with E-state index in [0.717, 1.165) is 38.8 Å². The van der Waals surface area contributed by atoms with Gasteiger partial charge in [-0.15, -0.1) is 0 Å². The fourth-order valence-corrected chi connectivity index (χ4v) is 3.16. The molecule has 1 aliphatic heterocycles. The van der Waals surface area contributed by atoms with Crippen molar-refractivity contribution in [1.82, 2.24) is 4.90 Å². The third kappa shape index (κ3) is 4.97. The Bertz CT molecular complexity index is 217. The maximum atomic E-state index is 10.7. The van der Waals surface area contributed by atoms with Gasteiger partial charge in [0.25, 0.3) is 0 Å². The van der Waals surface area contributed by atoms with Crippen molar-refractivity contribution in [2.75, 3.05) is 13.1 Å². The van der Waals surface area contributed by atoms with E-state index in [1.807, 2.05) is 0 Å². The van der Waals surface area contributed by atoms with Crippen LogP contribution in [0.5, 0.6) is 0 Å². The molecule has 0 amide bonds. The topological polar surface area (TPSA) is 23.5 Å². The summed E-state index contributed by atoms with van der Waals surface area (Å²) in [6.45, 7) is 11.2. The lowest BCUT2D eigenvalue weighted by molar-refractivity contribution is 0.00217. The molecule has 0 bridgehead atoms. The van der Waals surface area contributed by atoms with Crippen molar-refractivity contribution in [3.8, 4) is 0 Å². The molecule has 0 saturated carbocycles. The van der Waals surface area contributed by atoms with Gasteiger partial charge in [0.15, 0.2) is 0 Å². The van der Waals surface area contributed by atoms with Gasteiger partial charge in [0.1, 0.15) is 0 Å². The fraction of sp³-hybridized carbons (Fsp3) is 1.00. The van der Waals surface area contributed by atoms with E-state index >= 15 is 0 Å². The van der Waals surface area contributed by atoms with Crippen LogP contribution in [0.3, 0.4) is 0 Å². The van der Waals surface area contributed by atoms with Crippen molar-refractivity contribution in [3.63, 3.8) is 0 Å². The van der Waals surface area contributed by atoms with Crippen molar-refractivity contribution in [2.45, 2.75) is 77.9 Å². The predicted octanol–water partition coefficient (Wildman–Crippen LogP) is 3.44. The quantitative estimate of drug-likeness (QED) is 0.797. The first-order chi connectivity index (χ1) is 7.97. The van der Waals surface area contributed by atoms with Crippen molar-refractivity contribution in [1.29, 1.82) is 0 Å². The molecule has 1 fully saturated rings. The summed E-state index contributed by atoms with van der Waals surface area (Å²) in [6.07, 6.45) is 6.56. The Kier molecular flexibility index (Phi) is 5.94. The van der Waals surface area contributed by atoms with Crippen LogP contribution >= 0.6 is 0 Å². The first-order valence-electron chi connectivity index (χ1n) is 7.43. The van der Waals surface area contributed by atoms with Crippen molar-refractivity contribution in [3.05, 3.63) is 0 Å². The molecule has 1 rings (SSSR count). The van der Waals surface area contributed by atoms with E-state index < -0.39 is 5.60 Å². The molecule has 0 spiro atoms. The second kappa shape index (κ2) is 6.75. The van der Waals surface area contributed by atoms with E-state index in [0.29, 0.717) is 12.0 Å². The third-order valence-electron chi connectivity index (χ3n) is 4.19. The zero-order valence-corrected chi connectivity index (χ0v) is 12.2. The van der Waals surface area contributed by atoms with E-state index in [1.165, 1.54) is 12.8 Å². The summed E-state index contributed by atoms with van der Waals surface area (Å²) in [5.74, 6) is 0.663. The molecule has 0 aromatic carbocycles. The molecule has 1 N–H and O–H groups in total. The van der Waals surface area contributed by atoms with Crippen molar-refractivity contribution in [2.24, 2.45) is 5.92 Å². The third-order valence-corrected chi connectivity index (χ3v) is 4.19. The average molecular weight is 241 g/mol. The molecule has 2 heteroatoms. The van der Waals surface area contributed by atoms with Gasteiger partial charge in [-0.25, -0.2) is 0 Å². The van der Waals surface area contributed by atoms with Crippen molar-refractivity contribution >= 4 is 0 Å². The van der Waals surface area contributed by atoms with Gasteiger partial charge in [0.2, 0.25) is 0 Å². The minimum Gasteiger partial charge on any atom is -0.390 e. The van der Waals surface area contributed by atoms with E-state index in [1.54, 1.807) is 0 Å². The first-order valence-corrected chi connectivity index (χ1v) is 7.43. The molecule has 17 heavy (non-hydrogen) atoms. The molecule has 0 aliphatic carbocycles. The number of hydrogen-bond donors (Lipinski definition) is 1. The smallest absolute Gasteiger partial charge is 0.0663 e. The lowest BCUT2D eigenvalue weighted by Crippen LogP contribution is -2.35. The van der Waals surface area contributed by atoms with Gasteiger partial charge < -0.3 is 10.0 Å². The van der Waals surface area contributed by atoms with Crippen LogP contribution in [0.2, 0.25) is 0 Å². The fourth-order valence-electron chi connectivity index (χ4n) is 3.16. The summed E-state index contributed by atoms with van der Waals surface area (Å²) >= 11 is 0. The Labute approximate surface area is 107 Å². The van der Waals surface area contributed by atoms with Crippen LogP contribution in [-0.2, 0) is 0 Å². The second-order valence-corrected chi connectivity index (χ2v) is 6.31. The van der Waals surface area contributed by atoms with E-state index in [-0.39, 0.29) is 0 Å². The van der Waals surface area contributed by atoms with Crippen LogP contribution in [-0.4, -0.2) is 34.7 Å². The summed E-state index contributed by atoms with van der Waals surface area (Å²) < 4.78 is 0. The lowest BCUT2D eigenvalue weighted by Gasteiger charge is -2.30. The summed E-state index contributed by atoms with van der Waals surface area (Å²) in [5, 5.41) is 10.7. The Morgan fingerprint density at radius 1 is 1.18 bits per heavy atom. The molecule has 1 heterocycles. The summed E-state index contributed by atoms with van der Waals surface area (Å²) in [6, 6.07) is 0.616. The number of likely N-dealkylation sites (tertiary alicyclic amines) is 1. The van der Waals surface area contributed by atoms with E-state index in [2.05, 4.69) is 32.6 Å². The molecule has 0 aromatic heterocycles. The monoisotopic (exact) mass is 241 g/mol. The molecule has 1 saturated heterocycles. The van der Waals surface area contributed by atoms with Gasteiger partial charge in [-0.2, -0.15) is 0 Å². The summed E-state index contributed by atoms with van der Waals surface area (Å²) in [4.78, 5) is 2.50. The van der Waals surface area contributed by atoms with E-state index in [9.17, 15) is 5.11 Å². The van der Waals surface area contributed by atoms with Gasteiger partial charge in [-0.3, -0.25) is 0 Å². The van der Waals surface area contributed by atoms with Gasteiger partial charge in [-0.05, 0) is 52.0 Å². The van der Waals surface area contributed by atoms with Gasteiger partial charge in [-0.1, -0.05) is 26.7 Å². The largest absolute Gasteiger partial charge is 0.390 e. The van der Waals surface area contributed by atoms with Crippen LogP contribution in [0, 0.1) is 5.92 Å². The van der Waals surface area contributed by atoms with Crippen LogP contribution in [0.25, 0.3) is 0 Å². The van der Waals surface area contributed by atoms with Gasteiger partial charge in [0.05, 0.1) is 5.60 Å². The highest BCUT2D eigenvalue weighted by Crippen LogP contribution is 2.30. The molecule has 2 atom stereocenters. The minimum atomic E-state index is -0.391. The molecule has 0 aromatic rings. The number of nitrogens with zero attached hydrogens (tertiary/aromatic N) is 1. The van der Waals surface area contributed by atoms with Crippen LogP contribution in [0.4, 0.5) is 0 Å². The second-order valence-electron chi connectivity index (χ2n) is 6.31. The summed E-state index contributed by atoms with van der Waals surface area (Å²) in [5.41, 5.74) is -0.391. The lowest BCUT2D eigenvalue weighted by atomic mass is 9.84. The maximum Gasteiger partial charge on any atom is 0.0663 e. The standard InChI is InChI=1S/C15H31NO/c1-5-7-14(4)12-15(17)8-6-10-16(11-9-15)13(2)3/h13-14,17H,5-12H2,1-4H3. The zero-order chi connectivity index (χ0) is 12.9. The van der Waals surface area contributed by atoms with Crippen LogP contribution < -0.4 is 0 Å². The predicted molar refractivity (Wildman–Crippen MR) is 74.2 cm³/mol. The molecule has 1 aliphatic rings. The summed E-state index contributed by atoms with van der Waals surface area (Å²) in [7, 11) is 0. The first kappa shape index (κ1) is 15.0. The Morgan fingerprint density at radius 2 is 1.88 bits per heavy atom. The molecule has 0 radical (unpaired) electrons. The van der Waals surface area contributed by atoms with Crippen LogP contribution in [0.1, 0.15) is 66.2 Å². The number of rotatable bonds is 5. The highest BCUT2D eigenvalue weighted by molar-refractivity contribution is 4.85. The number of hydrogen-bond acceptors (Lipinski definition) is 2.